The van der Waals surface area contributed by atoms with E-state index in [1.54, 1.807) is 35.1 Å². The Kier molecular flexibility index (Phi) is 5.60. The van der Waals surface area contributed by atoms with Crippen LogP contribution in [0.3, 0.4) is 0 Å². The summed E-state index contributed by atoms with van der Waals surface area (Å²) in [6.07, 6.45) is 1.59. The van der Waals surface area contributed by atoms with Crippen molar-refractivity contribution in [2.75, 3.05) is 19.0 Å². The zero-order valence-corrected chi connectivity index (χ0v) is 14.8. The zero-order chi connectivity index (χ0) is 16.9. The number of fused-ring (bicyclic) bond motifs is 1. The van der Waals surface area contributed by atoms with Crippen LogP contribution in [0.2, 0.25) is 5.02 Å². The Labute approximate surface area is 148 Å². The van der Waals surface area contributed by atoms with Crippen molar-refractivity contribution in [3.05, 3.63) is 57.7 Å². The van der Waals surface area contributed by atoms with Gasteiger partial charge in [0.25, 0.3) is 5.56 Å². The van der Waals surface area contributed by atoms with Crippen LogP contribution >= 0.6 is 23.4 Å². The van der Waals surface area contributed by atoms with Crippen LogP contribution in [0.1, 0.15) is 12.7 Å². The van der Waals surface area contributed by atoms with Gasteiger partial charge in [-0.2, -0.15) is 0 Å². The molecule has 0 spiro atoms. The van der Waals surface area contributed by atoms with E-state index in [-0.39, 0.29) is 5.56 Å². The lowest BCUT2D eigenvalue weighted by molar-refractivity contribution is 0.164. The Morgan fingerprint density at radius 3 is 3.00 bits per heavy atom. The van der Waals surface area contributed by atoms with Gasteiger partial charge in [-0.1, -0.05) is 23.4 Å². The molecule has 3 rings (SSSR count). The maximum absolute atomic E-state index is 12.9. The van der Waals surface area contributed by atoms with Crippen molar-refractivity contribution in [1.82, 2.24) is 9.55 Å². The van der Waals surface area contributed by atoms with Gasteiger partial charge in [-0.05, 0) is 37.3 Å². The smallest absolute Gasteiger partial charge is 0.262 e. The van der Waals surface area contributed by atoms with E-state index in [0.29, 0.717) is 52.4 Å². The van der Waals surface area contributed by atoms with Gasteiger partial charge < -0.3 is 9.15 Å². The van der Waals surface area contributed by atoms with Crippen LogP contribution in [0.15, 0.2) is 51.0 Å². The zero-order valence-electron chi connectivity index (χ0n) is 13.2. The molecule has 0 unspecified atom stereocenters. The number of furan rings is 1. The molecule has 0 radical (unpaired) electrons. The van der Waals surface area contributed by atoms with Crippen LogP contribution in [0, 0.1) is 0 Å². The van der Waals surface area contributed by atoms with Gasteiger partial charge in [-0.25, -0.2) is 4.98 Å². The lowest BCUT2D eigenvalue weighted by Gasteiger charge is -2.12. The van der Waals surface area contributed by atoms with Crippen molar-refractivity contribution in [1.29, 1.82) is 0 Å². The maximum atomic E-state index is 12.9. The molecular weight excluding hydrogens is 348 g/mol. The SMILES string of the molecule is CCOCCSc1nc2cc(Cl)ccc2c(=O)n1Cc1ccco1. The normalized spacial score (nSPS) is 11.2. The van der Waals surface area contributed by atoms with E-state index >= 15 is 0 Å². The lowest BCUT2D eigenvalue weighted by Crippen LogP contribution is -2.24. The quantitative estimate of drug-likeness (QED) is 0.362. The highest BCUT2D eigenvalue weighted by molar-refractivity contribution is 7.99. The molecule has 0 fully saturated rings. The van der Waals surface area contributed by atoms with Crippen LogP contribution in [-0.2, 0) is 11.3 Å². The molecule has 24 heavy (non-hydrogen) atoms. The van der Waals surface area contributed by atoms with Gasteiger partial charge in [0, 0.05) is 17.4 Å². The van der Waals surface area contributed by atoms with Gasteiger partial charge in [0.05, 0.1) is 30.3 Å². The summed E-state index contributed by atoms with van der Waals surface area (Å²) < 4.78 is 12.4. The van der Waals surface area contributed by atoms with Gasteiger partial charge in [0.2, 0.25) is 0 Å². The van der Waals surface area contributed by atoms with Crippen LogP contribution in [-0.4, -0.2) is 28.5 Å². The Morgan fingerprint density at radius 2 is 2.25 bits per heavy atom. The largest absolute Gasteiger partial charge is 0.467 e. The first-order chi connectivity index (χ1) is 11.7. The summed E-state index contributed by atoms with van der Waals surface area (Å²) in [6.45, 7) is 3.56. The monoisotopic (exact) mass is 364 g/mol. The molecule has 126 valence electrons. The van der Waals surface area contributed by atoms with Crippen LogP contribution in [0.25, 0.3) is 10.9 Å². The van der Waals surface area contributed by atoms with Crippen molar-refractivity contribution in [3.63, 3.8) is 0 Å². The highest BCUT2D eigenvalue weighted by Crippen LogP contribution is 2.21. The summed E-state index contributed by atoms with van der Waals surface area (Å²) in [5, 5.41) is 1.73. The molecule has 7 heteroatoms. The van der Waals surface area contributed by atoms with E-state index in [1.165, 1.54) is 11.8 Å². The third-order valence-corrected chi connectivity index (χ3v) is 4.62. The molecule has 3 aromatic rings. The van der Waals surface area contributed by atoms with E-state index in [9.17, 15) is 4.79 Å². The fourth-order valence-corrected chi connectivity index (χ4v) is 3.33. The second-order valence-electron chi connectivity index (χ2n) is 5.07. The molecule has 2 heterocycles. The van der Waals surface area contributed by atoms with Crippen molar-refractivity contribution >= 4 is 34.3 Å². The molecule has 5 nitrogen and oxygen atoms in total. The molecule has 0 saturated carbocycles. The average Bonchev–Trinajstić information content (AvgIpc) is 3.08. The Hall–Kier alpha value is -1.76. The third-order valence-electron chi connectivity index (χ3n) is 3.44. The van der Waals surface area contributed by atoms with Gasteiger partial charge >= 0.3 is 0 Å². The minimum absolute atomic E-state index is 0.105. The number of ether oxygens (including phenoxy) is 1. The molecule has 0 amide bonds. The van der Waals surface area contributed by atoms with Crippen molar-refractivity contribution in [2.24, 2.45) is 0 Å². The summed E-state index contributed by atoms with van der Waals surface area (Å²) in [6, 6.07) is 8.76. The van der Waals surface area contributed by atoms with E-state index in [2.05, 4.69) is 4.98 Å². The highest BCUT2D eigenvalue weighted by Gasteiger charge is 2.13. The van der Waals surface area contributed by atoms with Gasteiger partial charge in [0.15, 0.2) is 5.16 Å². The number of benzene rings is 1. The third kappa shape index (κ3) is 3.83. The summed E-state index contributed by atoms with van der Waals surface area (Å²) in [5.41, 5.74) is 0.495. The summed E-state index contributed by atoms with van der Waals surface area (Å²) >= 11 is 7.52. The maximum Gasteiger partial charge on any atom is 0.262 e. The standard InChI is InChI=1S/C17H17ClN2O3S/c1-2-22-8-9-24-17-19-15-10-12(18)5-6-14(15)16(21)20(17)11-13-4-3-7-23-13/h3-7,10H,2,8-9,11H2,1H3. The molecule has 1 aromatic carbocycles. The number of aromatic nitrogens is 2. The van der Waals surface area contributed by atoms with Crippen molar-refractivity contribution in [3.8, 4) is 0 Å². The Morgan fingerprint density at radius 1 is 1.38 bits per heavy atom. The Bertz CT molecular complexity index is 877. The number of hydrogen-bond acceptors (Lipinski definition) is 5. The van der Waals surface area contributed by atoms with E-state index < -0.39 is 0 Å². The average molecular weight is 365 g/mol. The van der Waals surface area contributed by atoms with Crippen LogP contribution in [0.5, 0.6) is 0 Å². The second kappa shape index (κ2) is 7.88. The van der Waals surface area contributed by atoms with Crippen molar-refractivity contribution < 1.29 is 9.15 Å². The van der Waals surface area contributed by atoms with Crippen LogP contribution < -0.4 is 5.56 Å². The highest BCUT2D eigenvalue weighted by atomic mass is 35.5. The predicted octanol–water partition coefficient (Wildman–Crippen LogP) is 3.82. The molecule has 0 atom stereocenters. The topological polar surface area (TPSA) is 57.3 Å². The molecule has 0 saturated heterocycles. The summed E-state index contributed by atoms with van der Waals surface area (Å²) in [7, 11) is 0. The first kappa shape index (κ1) is 17.1. The molecule has 0 aliphatic rings. The van der Waals surface area contributed by atoms with E-state index in [0.717, 1.165) is 0 Å². The first-order valence-corrected chi connectivity index (χ1v) is 8.98. The van der Waals surface area contributed by atoms with E-state index in [1.807, 2.05) is 13.0 Å². The van der Waals surface area contributed by atoms with E-state index in [4.69, 9.17) is 20.8 Å². The van der Waals surface area contributed by atoms with Gasteiger partial charge in [-0.15, -0.1) is 0 Å². The predicted molar refractivity (Wildman–Crippen MR) is 96.0 cm³/mol. The Balaban J connectivity index is 2.01. The number of rotatable bonds is 7. The minimum Gasteiger partial charge on any atom is -0.467 e. The fraction of sp³-hybridized carbons (Fsp3) is 0.294. The fourth-order valence-electron chi connectivity index (χ4n) is 2.32. The summed E-state index contributed by atoms with van der Waals surface area (Å²) in [4.78, 5) is 17.5. The molecule has 0 bridgehead atoms. The molecule has 0 aliphatic carbocycles. The van der Waals surface area contributed by atoms with Gasteiger partial charge in [-0.3, -0.25) is 9.36 Å². The molecule has 2 aromatic heterocycles. The number of thioether (sulfide) groups is 1. The number of halogens is 1. The lowest BCUT2D eigenvalue weighted by atomic mass is 10.2. The summed E-state index contributed by atoms with van der Waals surface area (Å²) in [5.74, 6) is 1.42. The second-order valence-corrected chi connectivity index (χ2v) is 6.57. The first-order valence-electron chi connectivity index (χ1n) is 7.62. The van der Waals surface area contributed by atoms with Crippen molar-refractivity contribution in [2.45, 2.75) is 18.6 Å². The van der Waals surface area contributed by atoms with Crippen LogP contribution in [0.4, 0.5) is 0 Å². The molecular formula is C17H17ClN2O3S. The number of nitrogens with zero attached hydrogens (tertiary/aromatic N) is 2. The number of hydrogen-bond donors (Lipinski definition) is 0. The molecule has 0 N–H and O–H groups in total. The molecule has 0 aliphatic heterocycles. The minimum atomic E-state index is -0.105. The van der Waals surface area contributed by atoms with Gasteiger partial charge in [0.1, 0.15) is 5.76 Å².